The molecule has 3 rings (SSSR count). The van der Waals surface area contributed by atoms with Gasteiger partial charge >= 0.3 is 0 Å². The molecule has 0 aliphatic carbocycles. The third kappa shape index (κ3) is 5.51. The van der Waals surface area contributed by atoms with Crippen LogP contribution in [-0.4, -0.2) is 58.6 Å². The highest BCUT2D eigenvalue weighted by molar-refractivity contribution is 6.33. The van der Waals surface area contributed by atoms with Gasteiger partial charge in [0.1, 0.15) is 0 Å². The molecule has 0 unspecified atom stereocenters. The average molecular weight is 392 g/mol. The van der Waals surface area contributed by atoms with Crippen molar-refractivity contribution in [3.8, 4) is 0 Å². The van der Waals surface area contributed by atoms with Crippen LogP contribution in [-0.2, 0) is 16.8 Å². The Bertz CT molecular complexity index is 778. The molecule has 0 spiro atoms. The van der Waals surface area contributed by atoms with Crippen molar-refractivity contribution in [3.05, 3.63) is 41.0 Å². The summed E-state index contributed by atoms with van der Waals surface area (Å²) in [6, 6.07) is 7.25. The highest BCUT2D eigenvalue weighted by Gasteiger charge is 2.24. The molecule has 1 fully saturated rings. The Morgan fingerprint density at radius 2 is 1.85 bits per heavy atom. The first kappa shape index (κ1) is 19.8. The minimum absolute atomic E-state index is 0.0525. The molecule has 2 aromatic rings. The third-order valence-corrected chi connectivity index (χ3v) is 4.81. The number of carbonyl (C=O) groups excluding carboxylic acids is 1. The lowest BCUT2D eigenvalue weighted by Gasteiger charge is -2.33. The van der Waals surface area contributed by atoms with E-state index in [1.807, 2.05) is 12.1 Å². The topological polar surface area (TPSA) is 74.5 Å². The number of hydrogen-bond donors (Lipinski definition) is 1. The molecule has 146 valence electrons. The Balaban J connectivity index is 1.44. The van der Waals surface area contributed by atoms with Crippen LogP contribution in [0.25, 0.3) is 0 Å². The summed E-state index contributed by atoms with van der Waals surface area (Å²) >= 11 is 6.08. The minimum atomic E-state index is -0.116. The van der Waals surface area contributed by atoms with Gasteiger partial charge in [0.2, 0.25) is 11.8 Å². The summed E-state index contributed by atoms with van der Waals surface area (Å²) in [6.45, 7) is 10.5. The number of benzene rings is 1. The molecule has 1 aromatic carbocycles. The number of nitrogens with one attached hydrogen (secondary N) is 1. The predicted molar refractivity (Wildman–Crippen MR) is 105 cm³/mol. The number of halogens is 1. The van der Waals surface area contributed by atoms with Crippen molar-refractivity contribution in [2.24, 2.45) is 0 Å². The molecule has 2 heterocycles. The maximum absolute atomic E-state index is 12.2. The van der Waals surface area contributed by atoms with Crippen molar-refractivity contribution in [2.75, 3.05) is 38.0 Å². The van der Waals surface area contributed by atoms with Crippen LogP contribution < -0.4 is 5.32 Å². The second-order valence-electron chi connectivity index (χ2n) is 7.84. The molecule has 1 saturated heterocycles. The van der Waals surface area contributed by atoms with Crippen molar-refractivity contribution >= 4 is 23.2 Å². The summed E-state index contributed by atoms with van der Waals surface area (Å²) < 4.78 is 5.37. The van der Waals surface area contributed by atoms with Gasteiger partial charge in [-0.05, 0) is 12.1 Å². The van der Waals surface area contributed by atoms with E-state index >= 15 is 0 Å². The number of hydrogen-bond acceptors (Lipinski definition) is 6. The Morgan fingerprint density at radius 3 is 2.48 bits per heavy atom. The van der Waals surface area contributed by atoms with E-state index in [0.29, 0.717) is 29.7 Å². The van der Waals surface area contributed by atoms with Gasteiger partial charge in [-0.1, -0.05) is 49.7 Å². The quantitative estimate of drug-likeness (QED) is 0.844. The molecule has 1 aliphatic heterocycles. The van der Waals surface area contributed by atoms with Gasteiger partial charge in [-0.3, -0.25) is 14.6 Å². The number of para-hydroxylation sites is 1. The first-order valence-electron chi connectivity index (χ1n) is 9.13. The lowest BCUT2D eigenvalue weighted by Crippen LogP contribution is -2.48. The molecule has 8 heteroatoms. The number of anilines is 1. The van der Waals surface area contributed by atoms with Crippen LogP contribution in [0.2, 0.25) is 5.02 Å². The van der Waals surface area contributed by atoms with Crippen molar-refractivity contribution in [2.45, 2.75) is 32.7 Å². The monoisotopic (exact) mass is 391 g/mol. The van der Waals surface area contributed by atoms with Crippen molar-refractivity contribution in [3.63, 3.8) is 0 Å². The Kier molecular flexibility index (Phi) is 6.14. The van der Waals surface area contributed by atoms with E-state index < -0.39 is 0 Å². The molecule has 0 saturated carbocycles. The molecular formula is C19H26ClN5O2. The Hall–Kier alpha value is -1.96. The minimum Gasteiger partial charge on any atom is -0.338 e. The highest BCUT2D eigenvalue weighted by Crippen LogP contribution is 2.21. The van der Waals surface area contributed by atoms with E-state index in [-0.39, 0.29) is 11.3 Å². The van der Waals surface area contributed by atoms with E-state index in [1.165, 1.54) is 0 Å². The summed E-state index contributed by atoms with van der Waals surface area (Å²) in [5.41, 5.74) is 0.531. The maximum atomic E-state index is 12.2. The van der Waals surface area contributed by atoms with E-state index in [4.69, 9.17) is 16.1 Å². The average Bonchev–Trinajstić information content (AvgIpc) is 3.08. The lowest BCUT2D eigenvalue weighted by molar-refractivity contribution is -0.117. The molecule has 0 radical (unpaired) electrons. The molecule has 1 aromatic heterocycles. The van der Waals surface area contributed by atoms with Gasteiger partial charge < -0.3 is 9.84 Å². The van der Waals surface area contributed by atoms with Crippen LogP contribution in [0.4, 0.5) is 5.69 Å². The zero-order valence-corrected chi connectivity index (χ0v) is 16.8. The predicted octanol–water partition coefficient (Wildman–Crippen LogP) is 2.78. The molecule has 1 amide bonds. The fraction of sp³-hybridized carbons (Fsp3) is 0.526. The molecule has 1 N–H and O–H groups in total. The standard InChI is InChI=1S/C19H26ClN5O2/c1-19(2,3)18-22-17(27-23-18)13-25-10-8-24(9-11-25)12-16(26)21-15-7-5-4-6-14(15)20/h4-7H,8-13H2,1-3H3,(H,21,26). The second kappa shape index (κ2) is 8.37. The first-order chi connectivity index (χ1) is 12.8. The molecule has 27 heavy (non-hydrogen) atoms. The molecule has 7 nitrogen and oxygen atoms in total. The molecule has 1 aliphatic rings. The number of rotatable bonds is 5. The van der Waals surface area contributed by atoms with E-state index in [0.717, 1.165) is 32.0 Å². The van der Waals surface area contributed by atoms with Gasteiger partial charge in [0.25, 0.3) is 0 Å². The number of nitrogens with zero attached hydrogens (tertiary/aromatic N) is 4. The normalized spacial score (nSPS) is 16.4. The Labute approximate surface area is 164 Å². The van der Waals surface area contributed by atoms with Crippen LogP contribution in [0.5, 0.6) is 0 Å². The van der Waals surface area contributed by atoms with Crippen LogP contribution in [0, 0.1) is 0 Å². The van der Waals surface area contributed by atoms with Crippen molar-refractivity contribution in [1.82, 2.24) is 19.9 Å². The zero-order chi connectivity index (χ0) is 19.4. The van der Waals surface area contributed by atoms with E-state index in [2.05, 4.69) is 46.0 Å². The molecule has 0 bridgehead atoms. The van der Waals surface area contributed by atoms with Gasteiger partial charge in [-0.25, -0.2) is 0 Å². The first-order valence-corrected chi connectivity index (χ1v) is 9.51. The fourth-order valence-corrected chi connectivity index (χ4v) is 3.06. The van der Waals surface area contributed by atoms with Crippen LogP contribution in [0.3, 0.4) is 0 Å². The van der Waals surface area contributed by atoms with Crippen LogP contribution >= 0.6 is 11.6 Å². The molecular weight excluding hydrogens is 366 g/mol. The van der Waals surface area contributed by atoms with Crippen molar-refractivity contribution in [1.29, 1.82) is 0 Å². The second-order valence-corrected chi connectivity index (χ2v) is 8.25. The highest BCUT2D eigenvalue weighted by atomic mass is 35.5. The number of amides is 1. The van der Waals surface area contributed by atoms with E-state index in [9.17, 15) is 4.79 Å². The SMILES string of the molecule is CC(C)(C)c1noc(CN2CCN(CC(=O)Nc3ccccc3Cl)CC2)n1. The van der Waals surface area contributed by atoms with Crippen LogP contribution in [0.1, 0.15) is 32.5 Å². The van der Waals surface area contributed by atoms with Gasteiger partial charge in [-0.2, -0.15) is 4.98 Å². The zero-order valence-electron chi connectivity index (χ0n) is 16.0. The van der Waals surface area contributed by atoms with Gasteiger partial charge in [-0.15, -0.1) is 0 Å². The fourth-order valence-electron chi connectivity index (χ4n) is 2.88. The summed E-state index contributed by atoms with van der Waals surface area (Å²) in [5.74, 6) is 1.32. The van der Waals surface area contributed by atoms with Crippen LogP contribution in [0.15, 0.2) is 28.8 Å². The summed E-state index contributed by atoms with van der Waals surface area (Å²) in [5, 5.41) is 7.48. The largest absolute Gasteiger partial charge is 0.338 e. The summed E-state index contributed by atoms with van der Waals surface area (Å²) in [6.07, 6.45) is 0. The third-order valence-electron chi connectivity index (χ3n) is 4.48. The van der Waals surface area contributed by atoms with Gasteiger partial charge in [0.05, 0.1) is 23.8 Å². The van der Waals surface area contributed by atoms with Gasteiger partial charge in [0.15, 0.2) is 5.82 Å². The smallest absolute Gasteiger partial charge is 0.240 e. The lowest BCUT2D eigenvalue weighted by atomic mass is 9.96. The number of piperazine rings is 1. The van der Waals surface area contributed by atoms with Gasteiger partial charge in [0, 0.05) is 31.6 Å². The van der Waals surface area contributed by atoms with E-state index in [1.54, 1.807) is 12.1 Å². The Morgan fingerprint density at radius 1 is 1.19 bits per heavy atom. The number of carbonyl (C=O) groups is 1. The number of aromatic nitrogens is 2. The summed E-state index contributed by atoms with van der Waals surface area (Å²) in [4.78, 5) is 21.1. The molecule has 0 atom stereocenters. The summed E-state index contributed by atoms with van der Waals surface area (Å²) in [7, 11) is 0. The maximum Gasteiger partial charge on any atom is 0.240 e. The van der Waals surface area contributed by atoms with Crippen molar-refractivity contribution < 1.29 is 9.32 Å².